The Hall–Kier alpha value is -3.07. The number of amides is 1. The molecule has 9 heteroatoms. The predicted molar refractivity (Wildman–Crippen MR) is 111 cm³/mol. The van der Waals surface area contributed by atoms with E-state index in [4.69, 9.17) is 14.2 Å². The molecule has 2 aromatic carbocycles. The van der Waals surface area contributed by atoms with Crippen LogP contribution in [-0.4, -0.2) is 42.6 Å². The van der Waals surface area contributed by atoms with Gasteiger partial charge in [0.05, 0.1) is 11.3 Å². The molecule has 31 heavy (non-hydrogen) atoms. The Balaban J connectivity index is 1.49. The number of anilines is 1. The van der Waals surface area contributed by atoms with Crippen LogP contribution in [0.25, 0.3) is 0 Å². The highest BCUT2D eigenvalue weighted by atomic mass is 32.2. The minimum Gasteiger partial charge on any atom is -0.458 e. The molecule has 1 amide bonds. The number of ether oxygens (including phenoxy) is 3. The molecule has 2 fully saturated rings. The van der Waals surface area contributed by atoms with Gasteiger partial charge in [0.25, 0.3) is 0 Å². The number of thioether (sulfide) groups is 1. The van der Waals surface area contributed by atoms with Crippen molar-refractivity contribution in [3.05, 3.63) is 65.0 Å². The maximum Gasteiger partial charge on any atom is 0.509 e. The van der Waals surface area contributed by atoms with Crippen LogP contribution < -0.4 is 4.90 Å². The van der Waals surface area contributed by atoms with Crippen molar-refractivity contribution >= 4 is 35.5 Å². The van der Waals surface area contributed by atoms with E-state index in [0.717, 1.165) is 11.1 Å². The quantitative estimate of drug-likeness (QED) is 0.644. The minimum atomic E-state index is -0.780. The molecule has 0 bridgehead atoms. The Kier molecular flexibility index (Phi) is 5.86. The number of rotatable bonds is 5. The Bertz CT molecular complexity index is 1030. The van der Waals surface area contributed by atoms with Crippen molar-refractivity contribution in [3.63, 3.8) is 0 Å². The van der Waals surface area contributed by atoms with Gasteiger partial charge in [0.15, 0.2) is 6.10 Å². The number of halogens is 1. The summed E-state index contributed by atoms with van der Waals surface area (Å²) < 4.78 is 28.3. The number of hydrogen-bond donors (Lipinski definition) is 0. The maximum absolute atomic E-state index is 13.3. The van der Waals surface area contributed by atoms with Crippen molar-refractivity contribution in [2.75, 3.05) is 17.3 Å². The lowest BCUT2D eigenvalue weighted by Crippen LogP contribution is -2.29. The molecular formula is C22H20FNO6S. The van der Waals surface area contributed by atoms with Crippen LogP contribution in [0.15, 0.2) is 42.5 Å². The summed E-state index contributed by atoms with van der Waals surface area (Å²) in [5.74, 6) is -0.653. The van der Waals surface area contributed by atoms with Crippen molar-refractivity contribution in [2.45, 2.75) is 31.4 Å². The van der Waals surface area contributed by atoms with E-state index in [1.165, 1.54) is 23.9 Å². The summed E-state index contributed by atoms with van der Waals surface area (Å²) >= 11 is 1.46. The number of nitrogens with zero attached hydrogens (tertiary/aromatic N) is 1. The van der Waals surface area contributed by atoms with E-state index in [1.54, 1.807) is 49.1 Å². The lowest BCUT2D eigenvalue weighted by Gasteiger charge is -2.26. The third-order valence-electron chi connectivity index (χ3n) is 5.15. The van der Waals surface area contributed by atoms with E-state index in [-0.39, 0.29) is 23.7 Å². The molecule has 2 heterocycles. The Labute approximate surface area is 182 Å². The van der Waals surface area contributed by atoms with Gasteiger partial charge in [0.1, 0.15) is 23.9 Å². The number of hydrogen-bond acceptors (Lipinski definition) is 7. The van der Waals surface area contributed by atoms with Gasteiger partial charge in [-0.05, 0) is 55.3 Å². The smallest absolute Gasteiger partial charge is 0.458 e. The zero-order valence-corrected chi connectivity index (χ0v) is 17.7. The molecule has 0 spiro atoms. The molecule has 2 aliphatic heterocycles. The summed E-state index contributed by atoms with van der Waals surface area (Å²) in [5, 5.41) is -0.275. The molecule has 162 valence electrons. The van der Waals surface area contributed by atoms with Gasteiger partial charge in [-0.2, -0.15) is 0 Å². The van der Waals surface area contributed by atoms with Crippen molar-refractivity contribution in [1.29, 1.82) is 0 Å². The van der Waals surface area contributed by atoms with E-state index in [1.807, 2.05) is 0 Å². The highest BCUT2D eigenvalue weighted by molar-refractivity contribution is 8.00. The van der Waals surface area contributed by atoms with Crippen LogP contribution in [0.5, 0.6) is 0 Å². The number of carbonyl (C=O) groups is 3. The van der Waals surface area contributed by atoms with Crippen molar-refractivity contribution in [2.24, 2.45) is 0 Å². The number of carbonyl (C=O) groups excluding carboxylic acids is 3. The fourth-order valence-electron chi connectivity index (χ4n) is 3.50. The molecule has 0 radical (unpaired) electrons. The van der Waals surface area contributed by atoms with Gasteiger partial charge in [-0.15, -0.1) is 11.8 Å². The molecule has 2 aromatic rings. The lowest BCUT2D eigenvalue weighted by atomic mass is 10.1. The molecule has 0 N–H and O–H groups in total. The standard InChI is InChI=1S/C22H20FNO6S/c1-12-9-15(21(26)28-10-18-13(2)29-22(27)30-18)5-8-17(12)24-19(25)11-31-20(24)14-3-6-16(23)7-4-14/h3-9,13,18,20H,10-11H2,1-2H3. The zero-order valence-electron chi connectivity index (χ0n) is 16.9. The van der Waals surface area contributed by atoms with E-state index < -0.39 is 24.3 Å². The fourth-order valence-corrected chi connectivity index (χ4v) is 4.67. The van der Waals surface area contributed by atoms with Crippen LogP contribution in [0.4, 0.5) is 14.9 Å². The summed E-state index contributed by atoms with van der Waals surface area (Å²) in [5.41, 5.74) is 2.54. The number of benzene rings is 2. The van der Waals surface area contributed by atoms with Crippen molar-refractivity contribution < 1.29 is 33.0 Å². The van der Waals surface area contributed by atoms with Gasteiger partial charge in [0, 0.05) is 5.69 Å². The second kappa shape index (κ2) is 8.58. The van der Waals surface area contributed by atoms with Gasteiger partial charge in [0.2, 0.25) is 5.91 Å². The maximum atomic E-state index is 13.3. The first-order valence-electron chi connectivity index (χ1n) is 9.67. The van der Waals surface area contributed by atoms with Crippen LogP contribution in [0.3, 0.4) is 0 Å². The van der Waals surface area contributed by atoms with Crippen LogP contribution in [0, 0.1) is 12.7 Å². The zero-order chi connectivity index (χ0) is 22.1. The molecule has 0 aliphatic carbocycles. The van der Waals surface area contributed by atoms with Gasteiger partial charge < -0.3 is 14.2 Å². The van der Waals surface area contributed by atoms with Crippen molar-refractivity contribution in [1.82, 2.24) is 0 Å². The van der Waals surface area contributed by atoms with Gasteiger partial charge >= 0.3 is 12.1 Å². The third kappa shape index (κ3) is 4.36. The second-order valence-electron chi connectivity index (χ2n) is 7.31. The topological polar surface area (TPSA) is 82.1 Å². The van der Waals surface area contributed by atoms with Crippen LogP contribution in [0.1, 0.15) is 33.8 Å². The first-order valence-corrected chi connectivity index (χ1v) is 10.7. The van der Waals surface area contributed by atoms with Crippen molar-refractivity contribution in [3.8, 4) is 0 Å². The van der Waals surface area contributed by atoms with Crippen LogP contribution in [0.2, 0.25) is 0 Å². The van der Waals surface area contributed by atoms with E-state index >= 15 is 0 Å². The van der Waals surface area contributed by atoms with Crippen LogP contribution in [-0.2, 0) is 19.0 Å². The fraction of sp³-hybridized carbons (Fsp3) is 0.318. The first kappa shape index (κ1) is 21.2. The number of esters is 1. The first-order chi connectivity index (χ1) is 14.8. The summed E-state index contributed by atoms with van der Waals surface area (Å²) in [6, 6.07) is 11.0. The highest BCUT2D eigenvalue weighted by Gasteiger charge is 2.36. The van der Waals surface area contributed by atoms with E-state index in [9.17, 15) is 18.8 Å². The van der Waals surface area contributed by atoms with E-state index in [2.05, 4.69) is 0 Å². The molecule has 2 saturated heterocycles. The highest BCUT2D eigenvalue weighted by Crippen LogP contribution is 2.42. The summed E-state index contributed by atoms with van der Waals surface area (Å²) in [4.78, 5) is 37.8. The number of cyclic esters (lactones) is 2. The average molecular weight is 445 g/mol. The second-order valence-corrected chi connectivity index (χ2v) is 8.38. The van der Waals surface area contributed by atoms with Crippen LogP contribution >= 0.6 is 11.8 Å². The largest absolute Gasteiger partial charge is 0.509 e. The molecular weight excluding hydrogens is 425 g/mol. The molecule has 0 saturated carbocycles. The minimum absolute atomic E-state index is 0.0604. The van der Waals surface area contributed by atoms with Gasteiger partial charge in [-0.3, -0.25) is 9.69 Å². The lowest BCUT2D eigenvalue weighted by molar-refractivity contribution is -0.115. The Morgan fingerprint density at radius 3 is 2.58 bits per heavy atom. The van der Waals surface area contributed by atoms with E-state index in [0.29, 0.717) is 17.0 Å². The SMILES string of the molecule is Cc1cc(C(=O)OCC2OC(=O)OC2C)ccc1N1C(=O)CSC1c1ccc(F)cc1. The molecule has 4 rings (SSSR count). The summed E-state index contributed by atoms with van der Waals surface area (Å²) in [7, 11) is 0. The Morgan fingerprint density at radius 1 is 1.19 bits per heavy atom. The predicted octanol–water partition coefficient (Wildman–Crippen LogP) is 3.99. The molecule has 3 unspecified atom stereocenters. The third-order valence-corrected chi connectivity index (χ3v) is 6.36. The molecule has 0 aromatic heterocycles. The normalized spacial score (nSPS) is 22.9. The van der Waals surface area contributed by atoms with Gasteiger partial charge in [-0.1, -0.05) is 12.1 Å². The van der Waals surface area contributed by atoms with Gasteiger partial charge in [-0.25, -0.2) is 14.0 Å². The molecule has 7 nitrogen and oxygen atoms in total. The average Bonchev–Trinajstić information content (AvgIpc) is 3.27. The number of aryl methyl sites for hydroxylation is 1. The molecule has 2 aliphatic rings. The summed E-state index contributed by atoms with van der Waals surface area (Å²) in [6.45, 7) is 3.35. The molecule has 3 atom stereocenters. The monoisotopic (exact) mass is 445 g/mol. The summed E-state index contributed by atoms with van der Waals surface area (Å²) in [6.07, 6.45) is -1.92. The Morgan fingerprint density at radius 2 is 1.94 bits per heavy atom.